The first-order chi connectivity index (χ1) is 8.15. The predicted octanol–water partition coefficient (Wildman–Crippen LogP) is 3.14. The smallest absolute Gasteiger partial charge is 0.257 e. The molecule has 4 heteroatoms. The SMILES string of the molecule is Cc1noc(-c2ccc3[nH]c(C)c(C)c3c2)n1. The maximum absolute atomic E-state index is 5.17. The number of rotatable bonds is 1. The molecular weight excluding hydrogens is 214 g/mol. The number of aromatic nitrogens is 3. The molecule has 2 aromatic heterocycles. The number of hydrogen-bond acceptors (Lipinski definition) is 3. The molecule has 0 amide bonds. The molecule has 0 aliphatic carbocycles. The molecule has 4 nitrogen and oxygen atoms in total. The fraction of sp³-hybridized carbons (Fsp3) is 0.231. The van der Waals surface area contributed by atoms with E-state index in [0.717, 1.165) is 11.1 Å². The molecule has 1 N–H and O–H groups in total. The predicted molar refractivity (Wildman–Crippen MR) is 65.8 cm³/mol. The minimum absolute atomic E-state index is 0.572. The van der Waals surface area contributed by atoms with E-state index in [9.17, 15) is 0 Å². The van der Waals surface area contributed by atoms with Crippen molar-refractivity contribution in [3.05, 3.63) is 35.3 Å². The van der Waals surface area contributed by atoms with Crippen LogP contribution in [0.1, 0.15) is 17.1 Å². The molecule has 0 fully saturated rings. The Morgan fingerprint density at radius 2 is 2.00 bits per heavy atom. The van der Waals surface area contributed by atoms with E-state index in [0.29, 0.717) is 11.7 Å². The second-order valence-corrected chi connectivity index (χ2v) is 4.28. The summed E-state index contributed by atoms with van der Waals surface area (Å²) in [6.45, 7) is 6.00. The molecule has 1 aromatic carbocycles. The second kappa shape index (κ2) is 3.45. The summed E-state index contributed by atoms with van der Waals surface area (Å²) in [5, 5.41) is 5.01. The van der Waals surface area contributed by atoms with Crippen LogP contribution in [0.5, 0.6) is 0 Å². The Hall–Kier alpha value is -2.10. The standard InChI is InChI=1S/C13H13N3O/c1-7-8(2)14-12-5-4-10(6-11(7)12)13-15-9(3)16-17-13/h4-6,14H,1-3H3. The molecule has 3 aromatic rings. The molecule has 17 heavy (non-hydrogen) atoms. The molecule has 0 aliphatic heterocycles. The zero-order valence-corrected chi connectivity index (χ0v) is 10.0. The van der Waals surface area contributed by atoms with Crippen LogP contribution in [0.2, 0.25) is 0 Å². The van der Waals surface area contributed by atoms with Crippen LogP contribution in [0.15, 0.2) is 22.7 Å². The van der Waals surface area contributed by atoms with Crippen molar-refractivity contribution < 1.29 is 4.52 Å². The van der Waals surface area contributed by atoms with E-state index in [-0.39, 0.29) is 0 Å². The number of H-pyrrole nitrogens is 1. The highest BCUT2D eigenvalue weighted by Gasteiger charge is 2.09. The third kappa shape index (κ3) is 1.53. The molecule has 0 bridgehead atoms. The van der Waals surface area contributed by atoms with E-state index in [1.165, 1.54) is 16.6 Å². The van der Waals surface area contributed by atoms with Crippen molar-refractivity contribution in [2.24, 2.45) is 0 Å². The van der Waals surface area contributed by atoms with Gasteiger partial charge in [-0.25, -0.2) is 0 Å². The van der Waals surface area contributed by atoms with Crippen molar-refractivity contribution in [1.29, 1.82) is 0 Å². The monoisotopic (exact) mass is 227 g/mol. The Morgan fingerprint density at radius 3 is 2.71 bits per heavy atom. The molecule has 0 aliphatic rings. The lowest BCUT2D eigenvalue weighted by molar-refractivity contribution is 0.425. The maximum atomic E-state index is 5.17. The summed E-state index contributed by atoms with van der Waals surface area (Å²) in [6.07, 6.45) is 0. The highest BCUT2D eigenvalue weighted by molar-refractivity contribution is 5.87. The van der Waals surface area contributed by atoms with Crippen molar-refractivity contribution in [2.75, 3.05) is 0 Å². The van der Waals surface area contributed by atoms with Gasteiger partial charge in [0, 0.05) is 22.2 Å². The van der Waals surface area contributed by atoms with E-state index in [2.05, 4.69) is 35.0 Å². The van der Waals surface area contributed by atoms with Gasteiger partial charge in [0.25, 0.3) is 5.89 Å². The van der Waals surface area contributed by atoms with Crippen LogP contribution in [0.25, 0.3) is 22.4 Å². The van der Waals surface area contributed by atoms with Crippen LogP contribution in [0.3, 0.4) is 0 Å². The molecule has 0 unspecified atom stereocenters. The van der Waals surface area contributed by atoms with Gasteiger partial charge in [0.15, 0.2) is 5.82 Å². The minimum Gasteiger partial charge on any atom is -0.358 e. The van der Waals surface area contributed by atoms with Gasteiger partial charge >= 0.3 is 0 Å². The zero-order chi connectivity index (χ0) is 12.0. The first-order valence-corrected chi connectivity index (χ1v) is 5.55. The third-order valence-electron chi connectivity index (χ3n) is 3.08. The Labute approximate surface area is 98.7 Å². The molecule has 86 valence electrons. The van der Waals surface area contributed by atoms with Crippen LogP contribution in [0.4, 0.5) is 0 Å². The van der Waals surface area contributed by atoms with Gasteiger partial charge in [-0.15, -0.1) is 0 Å². The Morgan fingerprint density at radius 1 is 1.18 bits per heavy atom. The second-order valence-electron chi connectivity index (χ2n) is 4.28. The summed E-state index contributed by atoms with van der Waals surface area (Å²) >= 11 is 0. The lowest BCUT2D eigenvalue weighted by Gasteiger charge is -1.96. The van der Waals surface area contributed by atoms with Gasteiger partial charge in [-0.05, 0) is 44.5 Å². The zero-order valence-electron chi connectivity index (χ0n) is 10.0. The summed E-state index contributed by atoms with van der Waals surface area (Å²) in [4.78, 5) is 7.58. The number of benzene rings is 1. The van der Waals surface area contributed by atoms with E-state index in [1.807, 2.05) is 19.1 Å². The van der Waals surface area contributed by atoms with Crippen LogP contribution >= 0.6 is 0 Å². The van der Waals surface area contributed by atoms with Crippen LogP contribution < -0.4 is 0 Å². The van der Waals surface area contributed by atoms with Crippen molar-refractivity contribution >= 4 is 10.9 Å². The first kappa shape index (κ1) is 10.1. The number of hydrogen-bond donors (Lipinski definition) is 1. The molecule has 0 spiro atoms. The number of nitrogens with zero attached hydrogens (tertiary/aromatic N) is 2. The molecule has 0 saturated heterocycles. The van der Waals surface area contributed by atoms with Crippen molar-refractivity contribution in [2.45, 2.75) is 20.8 Å². The van der Waals surface area contributed by atoms with E-state index >= 15 is 0 Å². The van der Waals surface area contributed by atoms with E-state index in [1.54, 1.807) is 0 Å². The summed E-state index contributed by atoms with van der Waals surface area (Å²) in [5.74, 6) is 1.23. The van der Waals surface area contributed by atoms with Crippen molar-refractivity contribution in [3.8, 4) is 11.5 Å². The Kier molecular flexibility index (Phi) is 2.04. The Balaban J connectivity index is 2.22. The summed E-state index contributed by atoms with van der Waals surface area (Å²) < 4.78 is 5.17. The van der Waals surface area contributed by atoms with Gasteiger partial charge in [0.2, 0.25) is 0 Å². The largest absolute Gasteiger partial charge is 0.358 e. The average Bonchev–Trinajstić information content (AvgIpc) is 2.85. The van der Waals surface area contributed by atoms with Gasteiger partial charge < -0.3 is 9.51 Å². The van der Waals surface area contributed by atoms with Gasteiger partial charge in [-0.3, -0.25) is 0 Å². The lowest BCUT2D eigenvalue weighted by atomic mass is 10.1. The number of nitrogens with one attached hydrogen (secondary N) is 1. The third-order valence-corrected chi connectivity index (χ3v) is 3.08. The van der Waals surface area contributed by atoms with Gasteiger partial charge in [0.05, 0.1) is 0 Å². The molecule has 0 saturated carbocycles. The fourth-order valence-corrected chi connectivity index (χ4v) is 2.01. The highest BCUT2D eigenvalue weighted by Crippen LogP contribution is 2.26. The molecule has 0 radical (unpaired) electrons. The van der Waals surface area contributed by atoms with Crippen molar-refractivity contribution in [3.63, 3.8) is 0 Å². The number of aromatic amines is 1. The molecule has 3 rings (SSSR count). The van der Waals surface area contributed by atoms with Crippen LogP contribution in [-0.2, 0) is 0 Å². The molecule has 0 atom stereocenters. The van der Waals surface area contributed by atoms with Gasteiger partial charge in [0.1, 0.15) is 0 Å². The summed E-state index contributed by atoms with van der Waals surface area (Å²) in [7, 11) is 0. The minimum atomic E-state index is 0.572. The number of aryl methyl sites for hydroxylation is 3. The Bertz CT molecular complexity index is 694. The topological polar surface area (TPSA) is 54.7 Å². The lowest BCUT2D eigenvalue weighted by Crippen LogP contribution is -1.79. The van der Waals surface area contributed by atoms with Crippen molar-refractivity contribution in [1.82, 2.24) is 15.1 Å². The summed E-state index contributed by atoms with van der Waals surface area (Å²) in [5.41, 5.74) is 4.55. The van der Waals surface area contributed by atoms with E-state index in [4.69, 9.17) is 4.52 Å². The van der Waals surface area contributed by atoms with Gasteiger partial charge in [-0.2, -0.15) is 4.98 Å². The summed E-state index contributed by atoms with van der Waals surface area (Å²) in [6, 6.07) is 6.12. The maximum Gasteiger partial charge on any atom is 0.257 e. The first-order valence-electron chi connectivity index (χ1n) is 5.55. The molecular formula is C13H13N3O. The van der Waals surface area contributed by atoms with Crippen LogP contribution in [-0.4, -0.2) is 15.1 Å². The quantitative estimate of drug-likeness (QED) is 0.694. The fourth-order valence-electron chi connectivity index (χ4n) is 2.01. The van der Waals surface area contributed by atoms with Crippen LogP contribution in [0, 0.1) is 20.8 Å². The average molecular weight is 227 g/mol. The van der Waals surface area contributed by atoms with E-state index < -0.39 is 0 Å². The van der Waals surface area contributed by atoms with Gasteiger partial charge in [-0.1, -0.05) is 5.16 Å². The number of fused-ring (bicyclic) bond motifs is 1. The molecule has 2 heterocycles. The highest BCUT2D eigenvalue weighted by atomic mass is 16.5. The normalized spacial score (nSPS) is 11.2.